The zero-order valence-electron chi connectivity index (χ0n) is 16.5. The fourth-order valence-electron chi connectivity index (χ4n) is 3.78. The standard InChI is InChI=1S/C22H25N3O3S/c1-2-29(27,28)25-16-13-22(14-17-25,19-6-4-3-5-7-19)21(26)24-20-10-8-18(9-11-20)12-15-23/h3-11H,2,12-14,16-17H2,1H3,(H,24,26). The van der Waals surface area contributed by atoms with E-state index in [2.05, 4.69) is 11.4 Å². The van der Waals surface area contributed by atoms with Crippen LogP contribution in [0, 0.1) is 11.3 Å². The fraction of sp³-hybridized carbons (Fsp3) is 0.364. The summed E-state index contributed by atoms with van der Waals surface area (Å²) >= 11 is 0. The van der Waals surface area contributed by atoms with E-state index < -0.39 is 15.4 Å². The smallest absolute Gasteiger partial charge is 0.235 e. The molecule has 6 nitrogen and oxygen atoms in total. The predicted octanol–water partition coefficient (Wildman–Crippen LogP) is 3.07. The molecule has 152 valence electrons. The van der Waals surface area contributed by atoms with Gasteiger partial charge in [0.05, 0.1) is 23.7 Å². The summed E-state index contributed by atoms with van der Waals surface area (Å²) < 4.78 is 26.0. The van der Waals surface area contributed by atoms with Gasteiger partial charge in [-0.25, -0.2) is 12.7 Å². The Morgan fingerprint density at radius 1 is 1.10 bits per heavy atom. The zero-order chi connectivity index (χ0) is 20.9. The van der Waals surface area contributed by atoms with Crippen LogP contribution in [0.1, 0.15) is 30.9 Å². The summed E-state index contributed by atoms with van der Waals surface area (Å²) in [6, 6.07) is 18.9. The molecule has 29 heavy (non-hydrogen) atoms. The third-order valence-corrected chi connectivity index (χ3v) is 7.47. The van der Waals surface area contributed by atoms with Gasteiger partial charge in [0.1, 0.15) is 0 Å². The van der Waals surface area contributed by atoms with Gasteiger partial charge in [0, 0.05) is 18.8 Å². The molecular weight excluding hydrogens is 386 g/mol. The fourth-order valence-corrected chi connectivity index (χ4v) is 4.88. The number of carbonyl (C=O) groups excluding carboxylic acids is 1. The van der Waals surface area contributed by atoms with E-state index in [4.69, 9.17) is 5.26 Å². The number of amides is 1. The highest BCUT2D eigenvalue weighted by atomic mass is 32.2. The van der Waals surface area contributed by atoms with Gasteiger partial charge in [-0.3, -0.25) is 4.79 Å². The molecule has 0 saturated carbocycles. The maximum atomic E-state index is 13.4. The maximum absolute atomic E-state index is 13.4. The molecule has 1 aliphatic rings. The van der Waals surface area contributed by atoms with Crippen LogP contribution in [-0.2, 0) is 26.7 Å². The molecule has 0 radical (unpaired) electrons. The number of nitrogens with zero attached hydrogens (tertiary/aromatic N) is 2. The Morgan fingerprint density at radius 2 is 1.72 bits per heavy atom. The van der Waals surface area contributed by atoms with Crippen molar-refractivity contribution in [2.45, 2.75) is 31.6 Å². The second-order valence-corrected chi connectivity index (χ2v) is 9.49. The van der Waals surface area contributed by atoms with Gasteiger partial charge in [-0.15, -0.1) is 0 Å². The van der Waals surface area contributed by atoms with E-state index in [0.717, 1.165) is 11.1 Å². The molecule has 1 aliphatic heterocycles. The highest BCUT2D eigenvalue weighted by molar-refractivity contribution is 7.89. The first kappa shape index (κ1) is 21.0. The topological polar surface area (TPSA) is 90.3 Å². The van der Waals surface area contributed by atoms with E-state index in [1.807, 2.05) is 42.5 Å². The van der Waals surface area contributed by atoms with Crippen molar-refractivity contribution >= 4 is 21.6 Å². The molecule has 7 heteroatoms. The monoisotopic (exact) mass is 411 g/mol. The molecule has 1 heterocycles. The first-order valence-corrected chi connectivity index (χ1v) is 11.3. The lowest BCUT2D eigenvalue weighted by atomic mass is 9.72. The molecule has 2 aromatic carbocycles. The first-order chi connectivity index (χ1) is 13.9. The van der Waals surface area contributed by atoms with Gasteiger partial charge in [0.2, 0.25) is 15.9 Å². The van der Waals surface area contributed by atoms with E-state index in [1.54, 1.807) is 19.1 Å². The van der Waals surface area contributed by atoms with Crippen molar-refractivity contribution in [3.63, 3.8) is 0 Å². The van der Waals surface area contributed by atoms with Gasteiger partial charge in [-0.1, -0.05) is 42.5 Å². The molecule has 0 aromatic heterocycles. The van der Waals surface area contributed by atoms with Gasteiger partial charge < -0.3 is 5.32 Å². The summed E-state index contributed by atoms with van der Waals surface area (Å²) in [5.41, 5.74) is 1.66. The molecule has 0 spiro atoms. The summed E-state index contributed by atoms with van der Waals surface area (Å²) in [6.07, 6.45) is 1.17. The van der Waals surface area contributed by atoms with Gasteiger partial charge in [-0.05, 0) is 43.0 Å². The number of hydrogen-bond donors (Lipinski definition) is 1. The number of nitrogens with one attached hydrogen (secondary N) is 1. The average Bonchev–Trinajstić information content (AvgIpc) is 2.76. The van der Waals surface area contributed by atoms with Crippen molar-refractivity contribution in [3.8, 4) is 6.07 Å². The normalized spacial score (nSPS) is 16.7. The van der Waals surface area contributed by atoms with Crippen molar-refractivity contribution in [2.24, 2.45) is 0 Å². The number of piperidine rings is 1. The van der Waals surface area contributed by atoms with Crippen LogP contribution in [0.5, 0.6) is 0 Å². The minimum atomic E-state index is -3.27. The van der Waals surface area contributed by atoms with E-state index in [1.165, 1.54) is 4.31 Å². The Kier molecular flexibility index (Phi) is 6.36. The molecular formula is C22H25N3O3S. The van der Waals surface area contributed by atoms with Gasteiger partial charge in [-0.2, -0.15) is 5.26 Å². The largest absolute Gasteiger partial charge is 0.325 e. The van der Waals surface area contributed by atoms with Crippen LogP contribution in [0.25, 0.3) is 0 Å². The van der Waals surface area contributed by atoms with Crippen LogP contribution in [0.3, 0.4) is 0 Å². The minimum Gasteiger partial charge on any atom is -0.325 e. The molecule has 3 rings (SSSR count). The van der Waals surface area contributed by atoms with E-state index in [0.29, 0.717) is 38.0 Å². The van der Waals surface area contributed by atoms with Crippen molar-refractivity contribution in [1.82, 2.24) is 4.31 Å². The molecule has 1 N–H and O–H groups in total. The first-order valence-electron chi connectivity index (χ1n) is 9.72. The van der Waals surface area contributed by atoms with Crippen molar-refractivity contribution in [3.05, 3.63) is 65.7 Å². The van der Waals surface area contributed by atoms with Gasteiger partial charge in [0.15, 0.2) is 0 Å². The second kappa shape index (κ2) is 8.76. The number of hydrogen-bond acceptors (Lipinski definition) is 4. The number of carbonyl (C=O) groups is 1. The molecule has 0 aliphatic carbocycles. The lowest BCUT2D eigenvalue weighted by Gasteiger charge is -2.40. The average molecular weight is 412 g/mol. The molecule has 0 unspecified atom stereocenters. The Morgan fingerprint density at radius 3 is 2.28 bits per heavy atom. The number of rotatable bonds is 6. The molecule has 0 atom stereocenters. The lowest BCUT2D eigenvalue weighted by molar-refractivity contribution is -0.123. The lowest BCUT2D eigenvalue weighted by Crippen LogP contribution is -2.51. The summed E-state index contributed by atoms with van der Waals surface area (Å²) in [5, 5.41) is 11.8. The zero-order valence-corrected chi connectivity index (χ0v) is 17.3. The van der Waals surface area contributed by atoms with E-state index in [-0.39, 0.29) is 11.7 Å². The molecule has 0 bridgehead atoms. The van der Waals surface area contributed by atoms with Crippen LogP contribution >= 0.6 is 0 Å². The van der Waals surface area contributed by atoms with E-state index in [9.17, 15) is 13.2 Å². The number of nitriles is 1. The summed E-state index contributed by atoms with van der Waals surface area (Å²) in [6.45, 7) is 2.27. The molecule has 1 fully saturated rings. The summed E-state index contributed by atoms with van der Waals surface area (Å²) in [5.74, 6) is -0.0719. The Balaban J connectivity index is 1.85. The SMILES string of the molecule is CCS(=O)(=O)N1CCC(C(=O)Nc2ccc(CC#N)cc2)(c2ccccc2)CC1. The van der Waals surface area contributed by atoms with Crippen molar-refractivity contribution in [1.29, 1.82) is 5.26 Å². The van der Waals surface area contributed by atoms with E-state index >= 15 is 0 Å². The highest BCUT2D eigenvalue weighted by Gasteiger charge is 2.44. The summed E-state index contributed by atoms with van der Waals surface area (Å²) in [4.78, 5) is 13.4. The molecule has 2 aromatic rings. The van der Waals surface area contributed by atoms with Crippen molar-refractivity contribution < 1.29 is 13.2 Å². The molecule has 1 saturated heterocycles. The van der Waals surface area contributed by atoms with Crippen LogP contribution < -0.4 is 5.32 Å². The minimum absolute atomic E-state index is 0.0621. The Labute approximate surface area is 172 Å². The summed E-state index contributed by atoms with van der Waals surface area (Å²) in [7, 11) is -3.27. The quantitative estimate of drug-likeness (QED) is 0.791. The number of sulfonamides is 1. The highest BCUT2D eigenvalue weighted by Crippen LogP contribution is 2.37. The predicted molar refractivity (Wildman–Crippen MR) is 113 cm³/mol. The third kappa shape index (κ3) is 4.50. The second-order valence-electron chi connectivity index (χ2n) is 7.23. The van der Waals surface area contributed by atoms with Crippen LogP contribution in [-0.4, -0.2) is 37.5 Å². The van der Waals surface area contributed by atoms with Crippen LogP contribution in [0.15, 0.2) is 54.6 Å². The van der Waals surface area contributed by atoms with Crippen molar-refractivity contribution in [2.75, 3.05) is 24.2 Å². The van der Waals surface area contributed by atoms with Gasteiger partial charge >= 0.3 is 0 Å². The number of benzene rings is 2. The molecule has 1 amide bonds. The third-order valence-electron chi connectivity index (χ3n) is 5.59. The van der Waals surface area contributed by atoms with Crippen LogP contribution in [0.2, 0.25) is 0 Å². The maximum Gasteiger partial charge on any atom is 0.235 e. The van der Waals surface area contributed by atoms with Crippen LogP contribution in [0.4, 0.5) is 5.69 Å². The number of anilines is 1. The van der Waals surface area contributed by atoms with Gasteiger partial charge in [0.25, 0.3) is 0 Å². The Hall–Kier alpha value is -2.69. The Bertz CT molecular complexity index is 988.